The van der Waals surface area contributed by atoms with E-state index in [1.54, 1.807) is 52.0 Å². The van der Waals surface area contributed by atoms with Crippen molar-refractivity contribution in [3.8, 4) is 5.75 Å². The van der Waals surface area contributed by atoms with E-state index in [4.69, 9.17) is 25.8 Å². The molecule has 1 heterocycles. The van der Waals surface area contributed by atoms with Gasteiger partial charge in [-0.15, -0.1) is 0 Å². The topological polar surface area (TPSA) is 103 Å². The number of urea groups is 1. The van der Waals surface area contributed by atoms with Crippen LogP contribution in [0.15, 0.2) is 35.5 Å². The highest BCUT2D eigenvalue weighted by Crippen LogP contribution is 2.22. The fourth-order valence-corrected chi connectivity index (χ4v) is 2.67. The van der Waals surface area contributed by atoms with Crippen molar-refractivity contribution in [1.82, 2.24) is 10.6 Å². The van der Waals surface area contributed by atoms with Crippen molar-refractivity contribution in [3.05, 3.63) is 40.6 Å². The Kier molecular flexibility index (Phi) is 6.90. The van der Waals surface area contributed by atoms with Gasteiger partial charge in [0.15, 0.2) is 5.60 Å². The maximum atomic E-state index is 12.5. The zero-order valence-electron chi connectivity index (χ0n) is 16.1. The summed E-state index contributed by atoms with van der Waals surface area (Å²) in [6, 6.07) is 5.46. The highest BCUT2D eigenvalue weighted by atomic mass is 35.5. The number of halogens is 1. The molecular formula is C19H23ClN2O6. The van der Waals surface area contributed by atoms with Gasteiger partial charge in [-0.25, -0.2) is 14.4 Å². The number of benzene rings is 1. The third kappa shape index (κ3) is 5.39. The van der Waals surface area contributed by atoms with Gasteiger partial charge in [0.1, 0.15) is 12.4 Å². The first kappa shape index (κ1) is 21.6. The Labute approximate surface area is 168 Å². The normalized spacial score (nSPS) is 16.8. The van der Waals surface area contributed by atoms with Crippen LogP contribution >= 0.6 is 11.6 Å². The third-order valence-electron chi connectivity index (χ3n) is 3.89. The Bertz CT molecular complexity index is 788. The third-order valence-corrected chi connectivity index (χ3v) is 4.14. The van der Waals surface area contributed by atoms with Crippen molar-refractivity contribution >= 4 is 29.6 Å². The van der Waals surface area contributed by atoms with Crippen LogP contribution in [0.2, 0.25) is 5.02 Å². The minimum atomic E-state index is -1.30. The van der Waals surface area contributed by atoms with Crippen LogP contribution in [0.25, 0.3) is 0 Å². The second kappa shape index (κ2) is 8.97. The van der Waals surface area contributed by atoms with E-state index in [0.29, 0.717) is 10.8 Å². The second-order valence-corrected chi connectivity index (χ2v) is 7.01. The van der Waals surface area contributed by atoms with Crippen LogP contribution in [0.1, 0.15) is 27.7 Å². The van der Waals surface area contributed by atoms with Gasteiger partial charge in [-0.2, -0.15) is 0 Å². The van der Waals surface area contributed by atoms with Gasteiger partial charge in [0.25, 0.3) is 0 Å². The number of rotatable bonds is 7. The Balaban J connectivity index is 2.11. The Morgan fingerprint density at radius 2 is 1.82 bits per heavy atom. The molecule has 1 atom stereocenters. The van der Waals surface area contributed by atoms with Crippen LogP contribution < -0.4 is 15.4 Å². The molecule has 1 aliphatic heterocycles. The van der Waals surface area contributed by atoms with Crippen molar-refractivity contribution in [1.29, 1.82) is 0 Å². The first-order valence-corrected chi connectivity index (χ1v) is 9.11. The predicted molar refractivity (Wildman–Crippen MR) is 102 cm³/mol. The molecule has 0 saturated heterocycles. The SMILES string of the molecule is CCOC(=O)C1=C(COC(=O)C(C)(C)Oc2ccc(Cl)cc2)NC(=O)N[C@H]1C. The van der Waals surface area contributed by atoms with Gasteiger partial charge in [0.05, 0.1) is 23.9 Å². The maximum absolute atomic E-state index is 12.5. The highest BCUT2D eigenvalue weighted by molar-refractivity contribution is 6.30. The highest BCUT2D eigenvalue weighted by Gasteiger charge is 2.34. The van der Waals surface area contributed by atoms with Crippen molar-refractivity contribution in [2.45, 2.75) is 39.3 Å². The van der Waals surface area contributed by atoms with Gasteiger partial charge in [-0.05, 0) is 52.0 Å². The van der Waals surface area contributed by atoms with E-state index in [9.17, 15) is 14.4 Å². The first-order valence-electron chi connectivity index (χ1n) is 8.73. The molecule has 0 radical (unpaired) electrons. The van der Waals surface area contributed by atoms with Crippen LogP contribution in [0, 0.1) is 0 Å². The van der Waals surface area contributed by atoms with E-state index in [1.807, 2.05) is 0 Å². The monoisotopic (exact) mass is 410 g/mol. The van der Waals surface area contributed by atoms with E-state index >= 15 is 0 Å². The van der Waals surface area contributed by atoms with Crippen LogP contribution in [0.3, 0.4) is 0 Å². The number of carbonyl (C=O) groups is 3. The molecule has 0 bridgehead atoms. The molecule has 152 valence electrons. The number of hydrogen-bond acceptors (Lipinski definition) is 6. The molecule has 0 unspecified atom stereocenters. The minimum Gasteiger partial charge on any atom is -0.476 e. The zero-order valence-corrected chi connectivity index (χ0v) is 16.9. The molecule has 2 amide bonds. The number of amides is 2. The minimum absolute atomic E-state index is 0.172. The average molecular weight is 411 g/mol. The van der Waals surface area contributed by atoms with Crippen LogP contribution in [-0.4, -0.2) is 42.8 Å². The lowest BCUT2D eigenvalue weighted by atomic mass is 10.0. The van der Waals surface area contributed by atoms with Gasteiger partial charge in [-0.1, -0.05) is 11.6 Å². The second-order valence-electron chi connectivity index (χ2n) is 6.58. The Hall–Kier alpha value is -2.74. The van der Waals surface area contributed by atoms with Crippen LogP contribution in [0.4, 0.5) is 4.79 Å². The van der Waals surface area contributed by atoms with Crippen molar-refractivity contribution < 1.29 is 28.6 Å². The van der Waals surface area contributed by atoms with E-state index in [0.717, 1.165) is 0 Å². The molecule has 0 fully saturated rings. The smallest absolute Gasteiger partial charge is 0.350 e. The van der Waals surface area contributed by atoms with Crippen LogP contribution in [-0.2, 0) is 19.1 Å². The molecule has 0 aromatic heterocycles. The summed E-state index contributed by atoms with van der Waals surface area (Å²) in [7, 11) is 0. The molecule has 8 nitrogen and oxygen atoms in total. The molecule has 9 heteroatoms. The summed E-state index contributed by atoms with van der Waals surface area (Å²) in [4.78, 5) is 36.4. The fraction of sp³-hybridized carbons (Fsp3) is 0.421. The number of nitrogens with one attached hydrogen (secondary N) is 2. The fourth-order valence-electron chi connectivity index (χ4n) is 2.54. The summed E-state index contributed by atoms with van der Waals surface area (Å²) >= 11 is 5.84. The van der Waals surface area contributed by atoms with E-state index in [2.05, 4.69) is 10.6 Å². The zero-order chi connectivity index (χ0) is 20.9. The molecule has 2 N–H and O–H groups in total. The molecular weight excluding hydrogens is 388 g/mol. The van der Waals surface area contributed by atoms with E-state index in [-0.39, 0.29) is 24.5 Å². The largest absolute Gasteiger partial charge is 0.476 e. The summed E-state index contributed by atoms with van der Waals surface area (Å²) in [5.74, 6) is -0.814. The molecule has 0 saturated carbocycles. The van der Waals surface area contributed by atoms with Crippen molar-refractivity contribution in [3.63, 3.8) is 0 Å². The van der Waals surface area contributed by atoms with Crippen molar-refractivity contribution in [2.75, 3.05) is 13.2 Å². The first-order chi connectivity index (χ1) is 13.1. The molecule has 1 aromatic carbocycles. The summed E-state index contributed by atoms with van der Waals surface area (Å²) in [5, 5.41) is 5.61. The lowest BCUT2D eigenvalue weighted by Crippen LogP contribution is -2.50. The number of hydrogen-bond donors (Lipinski definition) is 2. The molecule has 0 spiro atoms. The number of ether oxygens (including phenoxy) is 3. The van der Waals surface area contributed by atoms with Gasteiger partial charge >= 0.3 is 18.0 Å². The van der Waals surface area contributed by atoms with E-state index in [1.165, 1.54) is 0 Å². The average Bonchev–Trinajstić information content (AvgIpc) is 2.61. The van der Waals surface area contributed by atoms with Crippen LogP contribution in [0.5, 0.6) is 5.75 Å². The lowest BCUT2D eigenvalue weighted by molar-refractivity contribution is -0.158. The quantitative estimate of drug-likeness (QED) is 0.669. The predicted octanol–water partition coefficient (Wildman–Crippen LogP) is 2.56. The Morgan fingerprint density at radius 3 is 2.43 bits per heavy atom. The maximum Gasteiger partial charge on any atom is 0.350 e. The molecule has 28 heavy (non-hydrogen) atoms. The molecule has 2 rings (SSSR count). The van der Waals surface area contributed by atoms with Gasteiger partial charge < -0.3 is 24.8 Å². The lowest BCUT2D eigenvalue weighted by Gasteiger charge is -2.28. The summed E-state index contributed by atoms with van der Waals surface area (Å²) < 4.78 is 16.0. The number of esters is 2. The molecule has 1 aromatic rings. The number of carbonyl (C=O) groups excluding carboxylic acids is 3. The van der Waals surface area contributed by atoms with Crippen molar-refractivity contribution in [2.24, 2.45) is 0 Å². The summed E-state index contributed by atoms with van der Waals surface area (Å²) in [6.45, 7) is 6.29. The molecule has 1 aliphatic rings. The standard InChI is InChI=1S/C19H23ClN2O6/c1-5-26-16(23)15-11(2)21-18(25)22-14(15)10-27-17(24)19(3,4)28-13-8-6-12(20)7-9-13/h6-9,11H,5,10H2,1-4H3,(H2,21,22,25)/t11-/m0/s1. The molecule has 0 aliphatic carbocycles. The van der Waals surface area contributed by atoms with Gasteiger partial charge in [0, 0.05) is 5.02 Å². The Morgan fingerprint density at radius 1 is 1.18 bits per heavy atom. The van der Waals surface area contributed by atoms with Gasteiger partial charge in [0.2, 0.25) is 0 Å². The summed E-state index contributed by atoms with van der Waals surface area (Å²) in [6.07, 6.45) is 0. The summed E-state index contributed by atoms with van der Waals surface area (Å²) in [5.41, 5.74) is -0.933. The van der Waals surface area contributed by atoms with E-state index < -0.39 is 29.6 Å². The van der Waals surface area contributed by atoms with Gasteiger partial charge in [-0.3, -0.25) is 0 Å².